The summed E-state index contributed by atoms with van der Waals surface area (Å²) in [5, 5.41) is 0. The van der Waals surface area contributed by atoms with Gasteiger partial charge < -0.3 is 14.2 Å². The number of ether oxygens (including phenoxy) is 3. The minimum atomic E-state index is -0.874. The van der Waals surface area contributed by atoms with Crippen LogP contribution >= 0.6 is 0 Å². The van der Waals surface area contributed by atoms with Crippen LogP contribution in [0.1, 0.15) is 36.1 Å². The first-order valence-corrected chi connectivity index (χ1v) is 12.9. The quantitative estimate of drug-likeness (QED) is 0.451. The van der Waals surface area contributed by atoms with Crippen molar-refractivity contribution in [2.75, 3.05) is 39.6 Å². The largest absolute Gasteiger partial charge is 0.491 e. The summed E-state index contributed by atoms with van der Waals surface area (Å²) in [6.45, 7) is 11.0. The first-order valence-electron chi connectivity index (χ1n) is 12.9. The Hall–Kier alpha value is -3.35. The Kier molecular flexibility index (Phi) is 5.54. The average molecular weight is 486 g/mol. The maximum absolute atomic E-state index is 15.0. The highest BCUT2D eigenvalue weighted by molar-refractivity contribution is 6.08. The molecule has 2 atom stereocenters. The molecule has 0 bridgehead atoms. The molecule has 3 heterocycles. The van der Waals surface area contributed by atoms with Gasteiger partial charge in [0, 0.05) is 29.3 Å². The normalized spacial score (nSPS) is 23.3. The third-order valence-electron chi connectivity index (χ3n) is 8.22. The Labute approximate surface area is 212 Å². The fourth-order valence-corrected chi connectivity index (χ4v) is 6.15. The van der Waals surface area contributed by atoms with E-state index in [-0.39, 0.29) is 17.2 Å². The van der Waals surface area contributed by atoms with E-state index in [4.69, 9.17) is 14.2 Å². The molecule has 1 spiro atoms. The van der Waals surface area contributed by atoms with Gasteiger partial charge in [-0.2, -0.15) is 0 Å². The molecule has 6 heteroatoms. The molecule has 0 saturated heterocycles. The highest BCUT2D eigenvalue weighted by Crippen LogP contribution is 2.57. The maximum Gasteiger partial charge on any atom is 0.338 e. The van der Waals surface area contributed by atoms with Crippen molar-refractivity contribution in [2.24, 2.45) is 0 Å². The highest BCUT2D eigenvalue weighted by Gasteiger charge is 2.66. The van der Waals surface area contributed by atoms with Gasteiger partial charge in [0.05, 0.1) is 0 Å². The summed E-state index contributed by atoms with van der Waals surface area (Å²) < 4.78 is 17.8. The summed E-state index contributed by atoms with van der Waals surface area (Å²) in [4.78, 5) is 17.4. The van der Waals surface area contributed by atoms with E-state index in [2.05, 4.69) is 68.1 Å². The van der Waals surface area contributed by atoms with Gasteiger partial charge >= 0.3 is 5.91 Å². The molecule has 2 unspecified atom stereocenters. The number of quaternary nitrogens is 1. The van der Waals surface area contributed by atoms with E-state index in [1.54, 1.807) is 0 Å². The molecule has 0 aromatic heterocycles. The van der Waals surface area contributed by atoms with E-state index in [1.165, 1.54) is 5.56 Å². The molecular weight excluding hydrogens is 452 g/mol. The number of nitrogens with zero attached hydrogens (tertiary/aromatic N) is 2. The number of carbonyl (C=O) groups is 1. The molecule has 3 aliphatic heterocycles. The molecule has 6 rings (SSSR count). The van der Waals surface area contributed by atoms with E-state index in [9.17, 15) is 0 Å². The summed E-state index contributed by atoms with van der Waals surface area (Å²) in [6.07, 6.45) is 0. The van der Waals surface area contributed by atoms with Gasteiger partial charge in [0.2, 0.25) is 6.79 Å². The standard InChI is InChI=1S/C30H33N2O4/c1-4-31(5-2)14-15-32(18-22-12-10-21(3)11-13-22)25-9-7-6-8-23(25)30(29(32)33)19-34-26-17-28-27(16-24(26)30)35-20-36-28/h6-13,16-17H,4-5,14-15,18-20H2,1-3H3/q+1. The monoisotopic (exact) mass is 485 g/mol. The molecular formula is C30H33N2O4+. The van der Waals surface area contributed by atoms with Crippen molar-refractivity contribution in [3.63, 3.8) is 0 Å². The third kappa shape index (κ3) is 3.28. The fraction of sp³-hybridized carbons (Fsp3) is 0.367. The highest BCUT2D eigenvalue weighted by atomic mass is 16.7. The van der Waals surface area contributed by atoms with Crippen molar-refractivity contribution < 1.29 is 19.0 Å². The van der Waals surface area contributed by atoms with Gasteiger partial charge in [-0.05, 0) is 32.1 Å². The minimum Gasteiger partial charge on any atom is -0.491 e. The Bertz CT molecular complexity index is 1320. The summed E-state index contributed by atoms with van der Waals surface area (Å²) >= 11 is 0. The van der Waals surface area contributed by atoms with E-state index in [0.717, 1.165) is 42.0 Å². The van der Waals surface area contributed by atoms with Gasteiger partial charge in [0.25, 0.3) is 0 Å². The number of carbonyl (C=O) groups excluding carboxylic acids is 1. The van der Waals surface area contributed by atoms with Crippen molar-refractivity contribution >= 4 is 11.6 Å². The van der Waals surface area contributed by atoms with Crippen LogP contribution < -0.4 is 18.7 Å². The van der Waals surface area contributed by atoms with E-state index in [1.807, 2.05) is 18.2 Å². The number of aryl methyl sites for hydroxylation is 1. The van der Waals surface area contributed by atoms with Crippen molar-refractivity contribution in [3.8, 4) is 17.2 Å². The number of benzene rings is 3. The topological polar surface area (TPSA) is 48.0 Å². The fourth-order valence-electron chi connectivity index (χ4n) is 6.15. The van der Waals surface area contributed by atoms with Crippen LogP contribution in [-0.2, 0) is 16.8 Å². The van der Waals surface area contributed by atoms with Crippen LogP contribution in [0.2, 0.25) is 0 Å². The summed E-state index contributed by atoms with van der Waals surface area (Å²) in [5.74, 6) is 2.23. The van der Waals surface area contributed by atoms with Gasteiger partial charge in [-0.25, -0.2) is 9.28 Å². The van der Waals surface area contributed by atoms with Crippen LogP contribution in [0, 0.1) is 6.92 Å². The van der Waals surface area contributed by atoms with Crippen LogP contribution in [0.5, 0.6) is 17.2 Å². The lowest BCUT2D eigenvalue weighted by Gasteiger charge is -2.35. The van der Waals surface area contributed by atoms with Crippen LogP contribution in [0.4, 0.5) is 5.69 Å². The molecule has 0 saturated carbocycles. The molecule has 0 fully saturated rings. The molecule has 3 aliphatic rings. The SMILES string of the molecule is CCN(CC)CC[N+]1(Cc2ccc(C)cc2)C(=O)C2(COc3cc4c(cc32)OCO4)c2ccccc21. The van der Waals surface area contributed by atoms with Crippen LogP contribution in [0.3, 0.4) is 0 Å². The smallest absolute Gasteiger partial charge is 0.338 e. The number of para-hydroxylation sites is 1. The van der Waals surface area contributed by atoms with Crippen molar-refractivity contribution in [2.45, 2.75) is 32.7 Å². The zero-order valence-corrected chi connectivity index (χ0v) is 21.3. The van der Waals surface area contributed by atoms with E-state index < -0.39 is 5.41 Å². The Morgan fingerprint density at radius 2 is 1.61 bits per heavy atom. The third-order valence-corrected chi connectivity index (χ3v) is 8.22. The lowest BCUT2D eigenvalue weighted by molar-refractivity contribution is -0.134. The van der Waals surface area contributed by atoms with Crippen molar-refractivity contribution in [3.05, 3.63) is 82.9 Å². The first-order chi connectivity index (χ1) is 17.5. The number of hydrogen-bond acceptors (Lipinski definition) is 5. The minimum absolute atomic E-state index is 0.175. The van der Waals surface area contributed by atoms with Gasteiger partial charge in [-0.3, -0.25) is 4.90 Å². The summed E-state index contributed by atoms with van der Waals surface area (Å²) in [5.41, 5.74) is 4.50. The second-order valence-electron chi connectivity index (χ2n) is 10.1. The zero-order valence-electron chi connectivity index (χ0n) is 21.3. The average Bonchev–Trinajstić information content (AvgIpc) is 3.57. The molecule has 6 nitrogen and oxygen atoms in total. The predicted octanol–water partition coefficient (Wildman–Crippen LogP) is 4.79. The van der Waals surface area contributed by atoms with Gasteiger partial charge in [0.15, 0.2) is 16.9 Å². The van der Waals surface area contributed by atoms with Crippen LogP contribution in [0.25, 0.3) is 0 Å². The number of fused-ring (bicyclic) bond motifs is 5. The van der Waals surface area contributed by atoms with E-state index in [0.29, 0.717) is 36.9 Å². The first kappa shape index (κ1) is 23.1. The Morgan fingerprint density at radius 1 is 0.889 bits per heavy atom. The predicted molar refractivity (Wildman–Crippen MR) is 140 cm³/mol. The van der Waals surface area contributed by atoms with Crippen LogP contribution in [0.15, 0.2) is 60.7 Å². The second-order valence-corrected chi connectivity index (χ2v) is 10.1. The number of hydrogen-bond donors (Lipinski definition) is 0. The van der Waals surface area contributed by atoms with Gasteiger partial charge in [-0.1, -0.05) is 61.9 Å². The summed E-state index contributed by atoms with van der Waals surface area (Å²) in [6, 6.07) is 20.8. The Balaban J connectivity index is 1.52. The van der Waals surface area contributed by atoms with Gasteiger partial charge in [0.1, 0.15) is 31.1 Å². The van der Waals surface area contributed by atoms with E-state index >= 15 is 4.79 Å². The molecule has 0 N–H and O–H groups in total. The zero-order chi connectivity index (χ0) is 24.9. The van der Waals surface area contributed by atoms with Gasteiger partial charge in [-0.15, -0.1) is 0 Å². The second kappa shape index (κ2) is 8.64. The molecule has 186 valence electrons. The lowest BCUT2D eigenvalue weighted by atomic mass is 9.77. The molecule has 3 aromatic carbocycles. The Morgan fingerprint density at radius 3 is 2.36 bits per heavy atom. The molecule has 0 radical (unpaired) electrons. The number of amides is 1. The molecule has 0 aliphatic carbocycles. The lowest BCUT2D eigenvalue weighted by Crippen LogP contribution is -2.59. The molecule has 3 aromatic rings. The van der Waals surface area contributed by atoms with Crippen molar-refractivity contribution in [1.82, 2.24) is 9.38 Å². The number of rotatable bonds is 7. The molecule has 36 heavy (non-hydrogen) atoms. The number of likely N-dealkylation sites (N-methyl/N-ethyl adjacent to an activating group) is 1. The summed E-state index contributed by atoms with van der Waals surface area (Å²) in [7, 11) is 0. The molecule has 1 amide bonds. The maximum atomic E-state index is 15.0. The van der Waals surface area contributed by atoms with Crippen LogP contribution in [-0.4, -0.2) is 50.4 Å². The van der Waals surface area contributed by atoms with Crippen molar-refractivity contribution in [1.29, 1.82) is 0 Å².